The smallest absolute Gasteiger partial charge is 0.262 e. The SMILES string of the molecule is Nc1cc(S(=O)(=O)Nc2ccc(Br)cc2F)ccc1F. The minimum Gasteiger partial charge on any atom is -0.396 e. The van der Waals surface area contributed by atoms with Crippen LogP contribution in [0.25, 0.3) is 0 Å². The molecule has 0 aromatic heterocycles. The number of anilines is 2. The van der Waals surface area contributed by atoms with E-state index < -0.39 is 21.7 Å². The van der Waals surface area contributed by atoms with Crippen molar-refractivity contribution >= 4 is 37.3 Å². The van der Waals surface area contributed by atoms with Gasteiger partial charge in [0.05, 0.1) is 16.3 Å². The van der Waals surface area contributed by atoms with Crippen LogP contribution in [0.1, 0.15) is 0 Å². The van der Waals surface area contributed by atoms with Crippen LogP contribution >= 0.6 is 15.9 Å². The Balaban J connectivity index is 2.38. The molecule has 0 bridgehead atoms. The maximum atomic E-state index is 13.6. The summed E-state index contributed by atoms with van der Waals surface area (Å²) in [6, 6.07) is 6.82. The number of nitrogens with two attached hydrogens (primary N) is 1. The second kappa shape index (κ2) is 5.37. The summed E-state index contributed by atoms with van der Waals surface area (Å²) in [5, 5.41) is 0. The van der Waals surface area contributed by atoms with Gasteiger partial charge in [-0.3, -0.25) is 4.72 Å². The van der Waals surface area contributed by atoms with Crippen LogP contribution in [0, 0.1) is 11.6 Å². The van der Waals surface area contributed by atoms with E-state index in [2.05, 4.69) is 20.7 Å². The fourth-order valence-corrected chi connectivity index (χ4v) is 2.90. The summed E-state index contributed by atoms with van der Waals surface area (Å²) < 4.78 is 53.2. The Morgan fingerprint density at radius 1 is 1.05 bits per heavy atom. The van der Waals surface area contributed by atoms with Gasteiger partial charge in [0.1, 0.15) is 11.6 Å². The minimum absolute atomic E-state index is 0.212. The average molecular weight is 363 g/mol. The van der Waals surface area contributed by atoms with Gasteiger partial charge in [0.25, 0.3) is 10.0 Å². The largest absolute Gasteiger partial charge is 0.396 e. The van der Waals surface area contributed by atoms with Crippen LogP contribution in [0.5, 0.6) is 0 Å². The normalized spacial score (nSPS) is 11.3. The molecule has 0 aliphatic carbocycles. The topological polar surface area (TPSA) is 72.2 Å². The van der Waals surface area contributed by atoms with Crippen molar-refractivity contribution in [1.29, 1.82) is 0 Å². The van der Waals surface area contributed by atoms with Gasteiger partial charge in [0.2, 0.25) is 0 Å². The maximum Gasteiger partial charge on any atom is 0.262 e. The first-order chi connectivity index (χ1) is 9.29. The molecule has 0 amide bonds. The second-order valence-corrected chi connectivity index (χ2v) is 6.51. The molecule has 4 nitrogen and oxygen atoms in total. The molecule has 0 saturated heterocycles. The lowest BCUT2D eigenvalue weighted by Crippen LogP contribution is -2.14. The summed E-state index contributed by atoms with van der Waals surface area (Å²) in [5.74, 6) is -1.46. The van der Waals surface area contributed by atoms with Crippen molar-refractivity contribution in [3.63, 3.8) is 0 Å². The van der Waals surface area contributed by atoms with Crippen molar-refractivity contribution in [2.75, 3.05) is 10.5 Å². The summed E-state index contributed by atoms with van der Waals surface area (Å²) >= 11 is 3.06. The lowest BCUT2D eigenvalue weighted by Gasteiger charge is -2.10. The molecule has 2 aromatic carbocycles. The van der Waals surface area contributed by atoms with Gasteiger partial charge in [-0.25, -0.2) is 17.2 Å². The molecular weight excluding hydrogens is 354 g/mol. The molecule has 0 saturated carbocycles. The first-order valence-corrected chi connectivity index (χ1v) is 7.60. The standard InChI is InChI=1S/C12H9BrF2N2O2S/c13-7-1-4-12(10(15)5-7)17-20(18,19)8-2-3-9(14)11(16)6-8/h1-6,17H,16H2. The highest BCUT2D eigenvalue weighted by molar-refractivity contribution is 9.10. The number of hydrogen-bond donors (Lipinski definition) is 2. The number of halogens is 3. The van der Waals surface area contributed by atoms with E-state index in [1.807, 2.05) is 0 Å². The van der Waals surface area contributed by atoms with Crippen LogP contribution in [0.15, 0.2) is 45.8 Å². The molecule has 0 unspecified atom stereocenters. The zero-order valence-electron chi connectivity index (χ0n) is 9.90. The van der Waals surface area contributed by atoms with Crippen LogP contribution in [0.2, 0.25) is 0 Å². The van der Waals surface area contributed by atoms with Gasteiger partial charge < -0.3 is 5.73 Å². The highest BCUT2D eigenvalue weighted by Crippen LogP contribution is 2.23. The Labute approximate surface area is 122 Å². The van der Waals surface area contributed by atoms with Crippen LogP contribution in [0.4, 0.5) is 20.2 Å². The summed E-state index contributed by atoms with van der Waals surface area (Å²) in [6.07, 6.45) is 0. The van der Waals surface area contributed by atoms with Gasteiger partial charge >= 0.3 is 0 Å². The number of sulfonamides is 1. The monoisotopic (exact) mass is 362 g/mol. The lowest BCUT2D eigenvalue weighted by atomic mass is 10.3. The molecule has 0 spiro atoms. The van der Waals surface area contributed by atoms with E-state index >= 15 is 0 Å². The van der Waals surface area contributed by atoms with Gasteiger partial charge in [0, 0.05) is 4.47 Å². The van der Waals surface area contributed by atoms with Gasteiger partial charge in [-0.15, -0.1) is 0 Å². The zero-order chi connectivity index (χ0) is 14.9. The van der Waals surface area contributed by atoms with Crippen molar-refractivity contribution in [3.05, 3.63) is 52.5 Å². The van der Waals surface area contributed by atoms with Crippen molar-refractivity contribution in [3.8, 4) is 0 Å². The number of nitrogens with one attached hydrogen (secondary N) is 1. The summed E-state index contributed by atoms with van der Waals surface area (Å²) in [6.45, 7) is 0. The van der Waals surface area contributed by atoms with Gasteiger partial charge in [-0.1, -0.05) is 15.9 Å². The van der Waals surface area contributed by atoms with Gasteiger partial charge in [0.15, 0.2) is 0 Å². The second-order valence-electron chi connectivity index (χ2n) is 3.91. The van der Waals surface area contributed by atoms with Crippen molar-refractivity contribution in [2.24, 2.45) is 0 Å². The number of rotatable bonds is 3. The van der Waals surface area contributed by atoms with Crippen LogP contribution in [-0.4, -0.2) is 8.42 Å². The predicted molar refractivity (Wildman–Crippen MR) is 75.7 cm³/mol. The molecule has 2 rings (SSSR count). The molecule has 3 N–H and O–H groups in total. The molecule has 0 radical (unpaired) electrons. The Kier molecular flexibility index (Phi) is 3.96. The third-order valence-corrected chi connectivity index (χ3v) is 4.31. The van der Waals surface area contributed by atoms with Crippen LogP contribution < -0.4 is 10.5 Å². The molecule has 0 aliphatic rings. The fourth-order valence-electron chi connectivity index (χ4n) is 1.46. The van der Waals surface area contributed by atoms with E-state index in [0.717, 1.165) is 24.3 Å². The molecule has 2 aromatic rings. The third kappa shape index (κ3) is 3.07. The van der Waals surface area contributed by atoms with Crippen molar-refractivity contribution < 1.29 is 17.2 Å². The predicted octanol–water partition coefficient (Wildman–Crippen LogP) is 3.11. The Morgan fingerprint density at radius 3 is 2.35 bits per heavy atom. The van der Waals surface area contributed by atoms with Crippen LogP contribution in [-0.2, 0) is 10.0 Å². The van der Waals surface area contributed by atoms with E-state index in [4.69, 9.17) is 5.73 Å². The van der Waals surface area contributed by atoms with E-state index in [9.17, 15) is 17.2 Å². The number of benzene rings is 2. The van der Waals surface area contributed by atoms with E-state index in [1.54, 1.807) is 0 Å². The Hall–Kier alpha value is -1.67. The van der Waals surface area contributed by atoms with Crippen LogP contribution in [0.3, 0.4) is 0 Å². The molecule has 0 fully saturated rings. The molecule has 0 heterocycles. The van der Waals surface area contributed by atoms with E-state index in [-0.39, 0.29) is 16.3 Å². The first kappa shape index (κ1) is 14.7. The zero-order valence-corrected chi connectivity index (χ0v) is 12.3. The highest BCUT2D eigenvalue weighted by Gasteiger charge is 2.17. The van der Waals surface area contributed by atoms with Crippen molar-refractivity contribution in [1.82, 2.24) is 0 Å². The average Bonchev–Trinajstić information content (AvgIpc) is 2.36. The Bertz CT molecular complexity index is 766. The number of nitrogen functional groups attached to an aromatic ring is 1. The van der Waals surface area contributed by atoms with E-state index in [0.29, 0.717) is 4.47 Å². The van der Waals surface area contributed by atoms with Crippen molar-refractivity contribution in [2.45, 2.75) is 4.90 Å². The highest BCUT2D eigenvalue weighted by atomic mass is 79.9. The van der Waals surface area contributed by atoms with E-state index in [1.165, 1.54) is 12.1 Å². The Morgan fingerprint density at radius 2 is 1.75 bits per heavy atom. The quantitative estimate of drug-likeness (QED) is 0.824. The minimum atomic E-state index is -4.04. The lowest BCUT2D eigenvalue weighted by molar-refractivity contribution is 0.597. The third-order valence-electron chi connectivity index (χ3n) is 2.45. The maximum absolute atomic E-state index is 13.6. The number of hydrogen-bond acceptors (Lipinski definition) is 3. The van der Waals surface area contributed by atoms with Gasteiger partial charge in [-0.05, 0) is 36.4 Å². The molecule has 20 heavy (non-hydrogen) atoms. The summed E-state index contributed by atoms with van der Waals surface area (Å²) in [7, 11) is -4.04. The molecule has 0 atom stereocenters. The van der Waals surface area contributed by atoms with Gasteiger partial charge in [-0.2, -0.15) is 0 Å². The first-order valence-electron chi connectivity index (χ1n) is 5.32. The summed E-state index contributed by atoms with van der Waals surface area (Å²) in [5.41, 5.74) is 4.80. The molecular formula is C12H9BrF2N2O2S. The summed E-state index contributed by atoms with van der Waals surface area (Å²) in [4.78, 5) is -0.251. The molecule has 0 aliphatic heterocycles. The molecule has 106 valence electrons. The molecule has 8 heteroatoms. The fraction of sp³-hybridized carbons (Fsp3) is 0.